The quantitative estimate of drug-likeness (QED) is 0.452. The molecule has 4 aromatic rings. The van der Waals surface area contributed by atoms with Crippen LogP contribution < -0.4 is 5.56 Å². The van der Waals surface area contributed by atoms with Gasteiger partial charge in [-0.15, -0.1) is 0 Å². The zero-order valence-corrected chi connectivity index (χ0v) is 18.2. The number of hydrogen-bond donors (Lipinski definition) is 0. The van der Waals surface area contributed by atoms with Gasteiger partial charge in [-0.05, 0) is 67.4 Å². The topological polar surface area (TPSA) is 55.2 Å². The molecule has 162 valence electrons. The van der Waals surface area contributed by atoms with Crippen molar-refractivity contribution >= 4 is 16.8 Å². The third-order valence-corrected chi connectivity index (χ3v) is 5.77. The highest BCUT2D eigenvalue weighted by Crippen LogP contribution is 2.23. The van der Waals surface area contributed by atoms with Gasteiger partial charge in [0.1, 0.15) is 11.6 Å². The monoisotopic (exact) mass is 429 g/mol. The highest BCUT2D eigenvalue weighted by Gasteiger charge is 2.25. The maximum absolute atomic E-state index is 13.5. The van der Waals surface area contributed by atoms with Crippen molar-refractivity contribution in [2.24, 2.45) is 0 Å². The lowest BCUT2D eigenvalue weighted by Gasteiger charge is -2.27. The van der Waals surface area contributed by atoms with Gasteiger partial charge in [0.05, 0.1) is 22.6 Å². The molecule has 5 nitrogen and oxygen atoms in total. The Morgan fingerprint density at radius 2 is 1.69 bits per heavy atom. The van der Waals surface area contributed by atoms with E-state index in [1.807, 2.05) is 37.3 Å². The van der Waals surface area contributed by atoms with Gasteiger partial charge in [-0.2, -0.15) is 0 Å². The predicted molar refractivity (Wildman–Crippen MR) is 124 cm³/mol. The molecule has 0 N–H and O–H groups in total. The molecular weight excluding hydrogens is 405 g/mol. The molecule has 0 spiro atoms. The molecule has 0 fully saturated rings. The number of fused-ring (bicyclic) bond motifs is 1. The van der Waals surface area contributed by atoms with Crippen LogP contribution in [0.3, 0.4) is 0 Å². The number of carbonyl (C=O) groups is 1. The lowest BCUT2D eigenvalue weighted by Crippen LogP contribution is -2.34. The van der Waals surface area contributed by atoms with Gasteiger partial charge in [0.15, 0.2) is 0 Å². The summed E-state index contributed by atoms with van der Waals surface area (Å²) in [5.74, 6) is -0.164. The summed E-state index contributed by atoms with van der Waals surface area (Å²) < 4.78 is 15.0. The molecule has 0 radical (unpaired) electrons. The number of benzene rings is 3. The Labute approximate surface area is 185 Å². The third-order valence-electron chi connectivity index (χ3n) is 5.77. The van der Waals surface area contributed by atoms with Crippen LogP contribution >= 0.6 is 0 Å². The van der Waals surface area contributed by atoms with Crippen molar-refractivity contribution in [2.45, 2.75) is 26.3 Å². The fourth-order valence-corrected chi connectivity index (χ4v) is 3.71. The van der Waals surface area contributed by atoms with Gasteiger partial charge in [-0.3, -0.25) is 14.2 Å². The molecule has 1 unspecified atom stereocenters. The fraction of sp³-hybridized carbons (Fsp3) is 0.192. The van der Waals surface area contributed by atoms with Crippen LogP contribution in [0.2, 0.25) is 0 Å². The summed E-state index contributed by atoms with van der Waals surface area (Å²) in [6.45, 7) is 3.89. The number of carbonyl (C=O) groups excluding carboxylic acids is 1. The minimum atomic E-state index is -0.518. The standard InChI is InChI=1S/C26H24FN3O2/c1-4-18-9-11-19(12-10-18)25(31)29(3)17(2)24-28-23-8-6-5-7-22(23)26(32)30(24)21-15-13-20(27)14-16-21/h5-17H,4H2,1-3H3. The molecule has 1 atom stereocenters. The van der Waals surface area contributed by atoms with Crippen molar-refractivity contribution < 1.29 is 9.18 Å². The molecule has 1 heterocycles. The largest absolute Gasteiger partial charge is 0.332 e. The zero-order valence-electron chi connectivity index (χ0n) is 18.2. The number of hydrogen-bond acceptors (Lipinski definition) is 3. The second kappa shape index (κ2) is 8.75. The van der Waals surface area contributed by atoms with E-state index in [0.717, 1.165) is 12.0 Å². The molecule has 0 bridgehead atoms. The van der Waals surface area contributed by atoms with Crippen LogP contribution in [0.25, 0.3) is 16.6 Å². The maximum Gasteiger partial charge on any atom is 0.266 e. The molecule has 3 aromatic carbocycles. The van der Waals surface area contributed by atoms with Crippen molar-refractivity contribution in [3.05, 3.63) is 106 Å². The Hall–Kier alpha value is -3.80. The van der Waals surface area contributed by atoms with Crippen LogP contribution in [-0.2, 0) is 6.42 Å². The Bertz CT molecular complexity index is 1330. The Kier molecular flexibility index (Phi) is 5.86. The van der Waals surface area contributed by atoms with E-state index >= 15 is 0 Å². The van der Waals surface area contributed by atoms with E-state index in [1.165, 1.54) is 28.8 Å². The minimum absolute atomic E-state index is 0.173. The van der Waals surface area contributed by atoms with Gasteiger partial charge in [-0.1, -0.05) is 31.2 Å². The van der Waals surface area contributed by atoms with Crippen LogP contribution in [0.5, 0.6) is 0 Å². The first-order valence-corrected chi connectivity index (χ1v) is 10.5. The van der Waals surface area contributed by atoms with Crippen LogP contribution in [0.15, 0.2) is 77.6 Å². The summed E-state index contributed by atoms with van der Waals surface area (Å²) >= 11 is 0. The SMILES string of the molecule is CCc1ccc(C(=O)N(C)C(C)c2nc3ccccc3c(=O)n2-c2ccc(F)cc2)cc1. The molecule has 1 amide bonds. The Balaban J connectivity index is 1.82. The van der Waals surface area contributed by atoms with Crippen molar-refractivity contribution in [1.29, 1.82) is 0 Å². The number of aromatic nitrogens is 2. The van der Waals surface area contributed by atoms with Crippen LogP contribution in [-0.4, -0.2) is 27.4 Å². The maximum atomic E-state index is 13.5. The van der Waals surface area contributed by atoms with Gasteiger partial charge in [-0.25, -0.2) is 9.37 Å². The summed E-state index contributed by atoms with van der Waals surface area (Å²) in [5, 5.41) is 0.455. The van der Waals surface area contributed by atoms with Crippen molar-refractivity contribution in [3.8, 4) is 5.69 Å². The molecule has 32 heavy (non-hydrogen) atoms. The molecule has 0 saturated carbocycles. The summed E-state index contributed by atoms with van der Waals surface area (Å²) in [5.41, 5.74) is 2.49. The van der Waals surface area contributed by atoms with Crippen LogP contribution in [0.4, 0.5) is 4.39 Å². The van der Waals surface area contributed by atoms with Crippen molar-refractivity contribution in [1.82, 2.24) is 14.5 Å². The summed E-state index contributed by atoms with van der Waals surface area (Å²) in [4.78, 5) is 32.9. The van der Waals surface area contributed by atoms with Crippen LogP contribution in [0.1, 0.15) is 41.6 Å². The number of para-hydroxylation sites is 1. The predicted octanol–water partition coefficient (Wildman–Crippen LogP) is 4.92. The van der Waals surface area contributed by atoms with E-state index in [0.29, 0.717) is 28.0 Å². The smallest absolute Gasteiger partial charge is 0.266 e. The lowest BCUT2D eigenvalue weighted by atomic mass is 10.1. The number of halogens is 1. The molecule has 0 aliphatic rings. The number of nitrogens with zero attached hydrogens (tertiary/aromatic N) is 3. The van der Waals surface area contributed by atoms with Crippen LogP contribution in [0, 0.1) is 5.82 Å². The van der Waals surface area contributed by atoms with E-state index in [-0.39, 0.29) is 11.5 Å². The van der Waals surface area contributed by atoms with E-state index < -0.39 is 11.9 Å². The molecule has 0 saturated heterocycles. The van der Waals surface area contributed by atoms with E-state index in [2.05, 4.69) is 6.92 Å². The first kappa shape index (κ1) is 21.4. The van der Waals surface area contributed by atoms with Crippen molar-refractivity contribution in [2.75, 3.05) is 7.05 Å². The molecule has 0 aliphatic heterocycles. The molecule has 0 aliphatic carbocycles. The van der Waals surface area contributed by atoms with Gasteiger partial charge in [0.25, 0.3) is 11.5 Å². The van der Waals surface area contributed by atoms with Gasteiger partial charge < -0.3 is 4.90 Å². The highest BCUT2D eigenvalue weighted by atomic mass is 19.1. The van der Waals surface area contributed by atoms with Gasteiger partial charge in [0.2, 0.25) is 0 Å². The van der Waals surface area contributed by atoms with Gasteiger partial charge >= 0.3 is 0 Å². The molecule has 4 rings (SSSR count). The number of aryl methyl sites for hydroxylation is 1. The average Bonchev–Trinajstić information content (AvgIpc) is 2.83. The second-order valence-electron chi connectivity index (χ2n) is 7.75. The summed E-state index contributed by atoms with van der Waals surface area (Å²) in [6.07, 6.45) is 0.895. The van der Waals surface area contributed by atoms with Crippen molar-refractivity contribution in [3.63, 3.8) is 0 Å². The zero-order chi connectivity index (χ0) is 22.8. The van der Waals surface area contributed by atoms with Gasteiger partial charge in [0, 0.05) is 12.6 Å². The highest BCUT2D eigenvalue weighted by molar-refractivity contribution is 5.94. The lowest BCUT2D eigenvalue weighted by molar-refractivity contribution is 0.0735. The summed E-state index contributed by atoms with van der Waals surface area (Å²) in [7, 11) is 1.69. The normalized spacial score (nSPS) is 12.0. The van der Waals surface area contributed by atoms with E-state index in [4.69, 9.17) is 4.98 Å². The first-order chi connectivity index (χ1) is 15.4. The Morgan fingerprint density at radius 3 is 2.34 bits per heavy atom. The molecule has 1 aromatic heterocycles. The Morgan fingerprint density at radius 1 is 1.03 bits per heavy atom. The average molecular weight is 429 g/mol. The van der Waals surface area contributed by atoms with E-state index in [9.17, 15) is 14.0 Å². The number of rotatable bonds is 5. The first-order valence-electron chi connectivity index (χ1n) is 10.5. The number of amides is 1. The molecule has 6 heteroatoms. The third kappa shape index (κ3) is 3.91. The minimum Gasteiger partial charge on any atom is -0.332 e. The fourth-order valence-electron chi connectivity index (χ4n) is 3.71. The van der Waals surface area contributed by atoms with E-state index in [1.54, 1.807) is 30.1 Å². The summed E-state index contributed by atoms with van der Waals surface area (Å²) in [6, 6.07) is 19.7. The molecular formula is C26H24FN3O2. The second-order valence-corrected chi connectivity index (χ2v) is 7.75.